The molecule has 0 bridgehead atoms. The minimum Gasteiger partial charge on any atom is -0.323 e. The van der Waals surface area contributed by atoms with Gasteiger partial charge in [-0.15, -0.1) is 0 Å². The van der Waals surface area contributed by atoms with Crippen LogP contribution in [0.2, 0.25) is 0 Å². The Balaban J connectivity index is 2.95. The first-order chi connectivity index (χ1) is 5.93. The SMILES string of the molecule is CCP1(=O)[C@H](C)[C@H](C)C[C@H](C)[C@@H]1C. The van der Waals surface area contributed by atoms with Crippen molar-refractivity contribution < 1.29 is 4.57 Å². The van der Waals surface area contributed by atoms with E-state index in [-0.39, 0.29) is 0 Å². The van der Waals surface area contributed by atoms with Crippen molar-refractivity contribution in [3.63, 3.8) is 0 Å². The topological polar surface area (TPSA) is 17.1 Å². The largest absolute Gasteiger partial charge is 0.323 e. The third kappa shape index (κ3) is 1.73. The van der Waals surface area contributed by atoms with Gasteiger partial charge >= 0.3 is 0 Å². The maximum atomic E-state index is 12.7. The van der Waals surface area contributed by atoms with Crippen LogP contribution in [0, 0.1) is 11.8 Å². The van der Waals surface area contributed by atoms with E-state index in [1.54, 1.807) is 0 Å². The van der Waals surface area contributed by atoms with Crippen LogP contribution in [0.25, 0.3) is 0 Å². The Morgan fingerprint density at radius 3 is 1.77 bits per heavy atom. The molecule has 1 rings (SSSR count). The van der Waals surface area contributed by atoms with Gasteiger partial charge in [-0.25, -0.2) is 0 Å². The fourth-order valence-electron chi connectivity index (χ4n) is 2.79. The molecule has 1 aliphatic heterocycles. The molecule has 5 atom stereocenters. The third-order valence-electron chi connectivity index (χ3n) is 4.26. The Morgan fingerprint density at radius 1 is 1.08 bits per heavy atom. The fraction of sp³-hybridized carbons (Fsp3) is 1.00. The van der Waals surface area contributed by atoms with Crippen LogP contribution in [-0.4, -0.2) is 17.5 Å². The van der Waals surface area contributed by atoms with E-state index in [4.69, 9.17) is 0 Å². The zero-order chi connectivity index (χ0) is 10.2. The quantitative estimate of drug-likeness (QED) is 0.591. The predicted octanol–water partition coefficient (Wildman–Crippen LogP) is 3.82. The van der Waals surface area contributed by atoms with Crippen molar-refractivity contribution >= 4 is 7.14 Å². The summed E-state index contributed by atoms with van der Waals surface area (Å²) in [7, 11) is -1.89. The van der Waals surface area contributed by atoms with Crippen LogP contribution in [0.15, 0.2) is 0 Å². The molecule has 1 aliphatic rings. The zero-order valence-electron chi connectivity index (χ0n) is 9.58. The van der Waals surface area contributed by atoms with Gasteiger partial charge in [0.15, 0.2) is 0 Å². The van der Waals surface area contributed by atoms with Crippen LogP contribution < -0.4 is 0 Å². The zero-order valence-corrected chi connectivity index (χ0v) is 10.5. The molecule has 0 aromatic rings. The Hall–Kier alpha value is 0.230. The molecule has 0 aliphatic carbocycles. The van der Waals surface area contributed by atoms with Gasteiger partial charge in [0, 0.05) is 11.3 Å². The molecule has 1 saturated heterocycles. The molecule has 0 radical (unpaired) electrons. The predicted molar refractivity (Wildman–Crippen MR) is 60.0 cm³/mol. The molecule has 2 heteroatoms. The average molecular weight is 202 g/mol. The highest BCUT2D eigenvalue weighted by atomic mass is 31.2. The molecule has 1 heterocycles. The van der Waals surface area contributed by atoms with Gasteiger partial charge in [-0.2, -0.15) is 0 Å². The molecule has 1 unspecified atom stereocenters. The van der Waals surface area contributed by atoms with Gasteiger partial charge in [-0.1, -0.05) is 34.6 Å². The van der Waals surface area contributed by atoms with Crippen LogP contribution in [-0.2, 0) is 4.57 Å². The molecule has 0 aromatic carbocycles. The number of hydrogen-bond acceptors (Lipinski definition) is 1. The van der Waals surface area contributed by atoms with Gasteiger partial charge in [0.2, 0.25) is 0 Å². The summed E-state index contributed by atoms with van der Waals surface area (Å²) in [6.07, 6.45) is 2.15. The van der Waals surface area contributed by atoms with E-state index >= 15 is 0 Å². The number of rotatable bonds is 1. The van der Waals surface area contributed by atoms with Gasteiger partial charge < -0.3 is 4.57 Å². The Bertz CT molecular complexity index is 206. The molecule has 0 saturated carbocycles. The van der Waals surface area contributed by atoms with Gasteiger partial charge in [0.25, 0.3) is 0 Å². The van der Waals surface area contributed by atoms with E-state index in [2.05, 4.69) is 34.6 Å². The molecule has 0 N–H and O–H groups in total. The first-order valence-corrected chi connectivity index (χ1v) is 7.55. The van der Waals surface area contributed by atoms with Gasteiger partial charge in [-0.3, -0.25) is 0 Å². The molecule has 1 nitrogen and oxygen atoms in total. The maximum Gasteiger partial charge on any atom is 0.0933 e. The summed E-state index contributed by atoms with van der Waals surface area (Å²) in [5.41, 5.74) is 0.896. The van der Waals surface area contributed by atoms with Crippen molar-refractivity contribution in [2.24, 2.45) is 11.8 Å². The molecule has 78 valence electrons. The van der Waals surface area contributed by atoms with Crippen LogP contribution in [0.5, 0.6) is 0 Å². The van der Waals surface area contributed by atoms with Crippen molar-refractivity contribution in [1.82, 2.24) is 0 Å². The highest BCUT2D eigenvalue weighted by molar-refractivity contribution is 7.65. The van der Waals surface area contributed by atoms with E-state index in [9.17, 15) is 4.57 Å². The van der Waals surface area contributed by atoms with E-state index in [0.717, 1.165) is 6.16 Å². The second-order valence-electron chi connectivity index (χ2n) is 4.84. The minimum atomic E-state index is -1.89. The molecule has 0 aromatic heterocycles. The lowest BCUT2D eigenvalue weighted by Gasteiger charge is -2.42. The standard InChI is InChI=1S/C11H23OP/c1-6-13(12)10(4)8(2)7-9(3)11(13)5/h8-11H,6-7H2,1-5H3/t8-,9+,10-,11+,13?. The summed E-state index contributed by atoms with van der Waals surface area (Å²) in [6.45, 7) is 11.0. The summed E-state index contributed by atoms with van der Waals surface area (Å²) in [5.74, 6) is 1.30. The second-order valence-corrected chi connectivity index (χ2v) is 8.81. The molecule has 0 spiro atoms. The third-order valence-corrected chi connectivity index (χ3v) is 9.03. The van der Waals surface area contributed by atoms with Crippen molar-refractivity contribution in [2.75, 3.05) is 6.16 Å². The van der Waals surface area contributed by atoms with Gasteiger partial charge in [0.1, 0.15) is 0 Å². The molecule has 1 fully saturated rings. The monoisotopic (exact) mass is 202 g/mol. The lowest BCUT2D eigenvalue weighted by Crippen LogP contribution is -2.33. The lowest BCUT2D eigenvalue weighted by molar-refractivity contribution is 0.357. The highest BCUT2D eigenvalue weighted by Crippen LogP contribution is 2.63. The summed E-state index contributed by atoms with van der Waals surface area (Å²) in [6, 6.07) is 0. The normalized spacial score (nSPS) is 52.1. The summed E-state index contributed by atoms with van der Waals surface area (Å²) in [5, 5.41) is 0. The van der Waals surface area contributed by atoms with Crippen molar-refractivity contribution in [1.29, 1.82) is 0 Å². The molecular weight excluding hydrogens is 179 g/mol. The van der Waals surface area contributed by atoms with Gasteiger partial charge in [0.05, 0.1) is 7.14 Å². The van der Waals surface area contributed by atoms with E-state index in [1.165, 1.54) is 6.42 Å². The van der Waals surface area contributed by atoms with E-state index in [0.29, 0.717) is 23.2 Å². The maximum absolute atomic E-state index is 12.7. The molecule has 0 amide bonds. The van der Waals surface area contributed by atoms with Crippen molar-refractivity contribution in [3.8, 4) is 0 Å². The summed E-state index contributed by atoms with van der Waals surface area (Å²) < 4.78 is 12.7. The van der Waals surface area contributed by atoms with E-state index < -0.39 is 7.14 Å². The minimum absolute atomic E-state index is 0.448. The van der Waals surface area contributed by atoms with Crippen molar-refractivity contribution in [3.05, 3.63) is 0 Å². The lowest BCUT2D eigenvalue weighted by atomic mass is 9.92. The van der Waals surface area contributed by atoms with Crippen LogP contribution in [0.1, 0.15) is 41.0 Å². The Labute approximate surface area is 82.7 Å². The summed E-state index contributed by atoms with van der Waals surface area (Å²) >= 11 is 0. The van der Waals surface area contributed by atoms with Gasteiger partial charge in [-0.05, 0) is 24.4 Å². The molecular formula is C11H23OP. The highest BCUT2D eigenvalue weighted by Gasteiger charge is 2.43. The van der Waals surface area contributed by atoms with Crippen LogP contribution in [0.4, 0.5) is 0 Å². The second kappa shape index (κ2) is 3.77. The Morgan fingerprint density at radius 2 is 1.46 bits per heavy atom. The van der Waals surface area contributed by atoms with Crippen LogP contribution in [0.3, 0.4) is 0 Å². The van der Waals surface area contributed by atoms with E-state index in [1.807, 2.05) is 0 Å². The van der Waals surface area contributed by atoms with Crippen LogP contribution >= 0.6 is 7.14 Å². The number of hydrogen-bond donors (Lipinski definition) is 0. The summed E-state index contributed by atoms with van der Waals surface area (Å²) in [4.78, 5) is 0. The first kappa shape index (κ1) is 11.3. The van der Waals surface area contributed by atoms with Crippen molar-refractivity contribution in [2.45, 2.75) is 52.4 Å². The fourth-order valence-corrected chi connectivity index (χ4v) is 6.65. The smallest absolute Gasteiger partial charge is 0.0933 e. The Kier molecular flexibility index (Phi) is 3.28. The first-order valence-electron chi connectivity index (χ1n) is 5.51. The average Bonchev–Trinajstić information content (AvgIpc) is 2.12. The molecule has 13 heavy (non-hydrogen) atoms.